The van der Waals surface area contributed by atoms with Crippen molar-refractivity contribution >= 4 is 38.9 Å². The van der Waals surface area contributed by atoms with Gasteiger partial charge in [0.2, 0.25) is 0 Å². The zero-order valence-corrected chi connectivity index (χ0v) is 19.0. The maximum Gasteiger partial charge on any atom is 0.161 e. The van der Waals surface area contributed by atoms with Gasteiger partial charge in [-0.1, -0.05) is 91.0 Å². The molecule has 0 N–H and O–H groups in total. The largest absolute Gasteiger partial charge is 0.308 e. The molecule has 2 aliphatic rings. The monoisotopic (exact) mass is 457 g/mol. The third-order valence-electron chi connectivity index (χ3n) is 6.15. The summed E-state index contributed by atoms with van der Waals surface area (Å²) in [6.45, 7) is 1.60. The summed E-state index contributed by atoms with van der Waals surface area (Å²) in [5.74, 6) is 2.66. The maximum atomic E-state index is 5.23. The van der Waals surface area contributed by atoms with Crippen molar-refractivity contribution in [2.75, 3.05) is 13.1 Å². The van der Waals surface area contributed by atoms with Crippen LogP contribution in [-0.4, -0.2) is 39.6 Å². The molecule has 4 heterocycles. The topological polar surface area (TPSA) is 53.7 Å². The zero-order chi connectivity index (χ0) is 22.5. The van der Waals surface area contributed by atoms with Gasteiger partial charge in [0.05, 0.1) is 28.2 Å². The molecule has 0 fully saturated rings. The molecule has 5 aromatic rings. The second-order valence-electron chi connectivity index (χ2n) is 8.25. The van der Waals surface area contributed by atoms with Crippen molar-refractivity contribution in [1.29, 1.82) is 0 Å². The molecule has 0 spiro atoms. The number of benzene rings is 3. The van der Waals surface area contributed by atoms with E-state index >= 15 is 0 Å². The Bertz CT molecular complexity index is 1590. The molecular weight excluding hydrogens is 438 g/mol. The molecule has 0 aliphatic carbocycles. The molecular formula is C28H19N5S. The molecule has 0 saturated carbocycles. The van der Waals surface area contributed by atoms with E-state index in [4.69, 9.17) is 20.0 Å². The van der Waals surface area contributed by atoms with Crippen molar-refractivity contribution in [3.05, 3.63) is 101 Å². The highest BCUT2D eigenvalue weighted by Crippen LogP contribution is 2.46. The Morgan fingerprint density at radius 2 is 1.32 bits per heavy atom. The van der Waals surface area contributed by atoms with Gasteiger partial charge in [0.1, 0.15) is 16.5 Å². The standard InChI is InChI=1S/C28H19N5S/c1-4-10-18(11-5-1)22-21-23-24(34-28(21)32-25(30-22)19-12-6-2-7-13-19)27-29-16-17-33(27)26(31-23)20-14-8-3-9-15-20/h1-15H,16-17H2. The fraction of sp³-hybridized carbons (Fsp3) is 0.0714. The normalized spacial score (nSPS) is 14.5. The predicted octanol–water partition coefficient (Wildman–Crippen LogP) is 6.18. The molecule has 2 aliphatic heterocycles. The molecule has 7 rings (SSSR count). The highest BCUT2D eigenvalue weighted by atomic mass is 32.1. The first-order valence-electron chi connectivity index (χ1n) is 11.3. The number of hydrogen-bond acceptors (Lipinski definition) is 6. The molecule has 162 valence electrons. The van der Waals surface area contributed by atoms with E-state index in [1.54, 1.807) is 11.3 Å². The summed E-state index contributed by atoms with van der Waals surface area (Å²) in [7, 11) is 0. The second kappa shape index (κ2) is 7.71. The van der Waals surface area contributed by atoms with Gasteiger partial charge in [0, 0.05) is 23.2 Å². The number of rotatable bonds is 3. The van der Waals surface area contributed by atoms with Crippen LogP contribution in [0.25, 0.3) is 32.9 Å². The highest BCUT2D eigenvalue weighted by molar-refractivity contribution is 7.21. The van der Waals surface area contributed by atoms with Crippen molar-refractivity contribution in [3.63, 3.8) is 0 Å². The van der Waals surface area contributed by atoms with Gasteiger partial charge in [-0.3, -0.25) is 4.99 Å². The van der Waals surface area contributed by atoms with Crippen molar-refractivity contribution in [2.45, 2.75) is 0 Å². The molecule has 0 unspecified atom stereocenters. The Morgan fingerprint density at radius 3 is 2.03 bits per heavy atom. The first-order valence-corrected chi connectivity index (χ1v) is 12.1. The molecule has 0 radical (unpaired) electrons. The smallest absolute Gasteiger partial charge is 0.161 e. The highest BCUT2D eigenvalue weighted by Gasteiger charge is 2.34. The zero-order valence-electron chi connectivity index (χ0n) is 18.2. The Labute approximate surface area is 200 Å². The van der Waals surface area contributed by atoms with Gasteiger partial charge in [-0.25, -0.2) is 15.0 Å². The van der Waals surface area contributed by atoms with Gasteiger partial charge >= 0.3 is 0 Å². The van der Waals surface area contributed by atoms with Crippen molar-refractivity contribution < 1.29 is 0 Å². The lowest BCUT2D eigenvalue weighted by molar-refractivity contribution is 0.664. The maximum absolute atomic E-state index is 5.23. The first-order chi connectivity index (χ1) is 16.9. The van der Waals surface area contributed by atoms with Crippen LogP contribution in [-0.2, 0) is 0 Å². The van der Waals surface area contributed by atoms with E-state index in [9.17, 15) is 0 Å². The number of hydrogen-bond donors (Lipinski definition) is 0. The molecule has 2 aromatic heterocycles. The van der Waals surface area contributed by atoms with Gasteiger partial charge in [0.15, 0.2) is 5.82 Å². The van der Waals surface area contributed by atoms with E-state index in [0.29, 0.717) is 0 Å². The van der Waals surface area contributed by atoms with Crippen LogP contribution in [0.4, 0.5) is 5.69 Å². The minimum absolute atomic E-state index is 0.725. The minimum Gasteiger partial charge on any atom is -0.308 e. The fourth-order valence-electron chi connectivity index (χ4n) is 4.59. The van der Waals surface area contributed by atoms with Gasteiger partial charge in [-0.15, -0.1) is 11.3 Å². The van der Waals surface area contributed by atoms with Crippen molar-refractivity contribution in [1.82, 2.24) is 14.9 Å². The Morgan fingerprint density at radius 1 is 0.676 bits per heavy atom. The van der Waals surface area contributed by atoms with Crippen LogP contribution >= 0.6 is 11.3 Å². The SMILES string of the molecule is c1ccc(C2=Nc3c(sc4nc(-c5ccccc5)nc(-c5ccccc5)c34)C3=NCCN23)cc1. The number of nitrogens with zero attached hydrogens (tertiary/aromatic N) is 5. The summed E-state index contributed by atoms with van der Waals surface area (Å²) >= 11 is 1.66. The second-order valence-corrected chi connectivity index (χ2v) is 9.25. The Balaban J connectivity index is 1.55. The number of aliphatic imine (C=N–C) groups is 2. The van der Waals surface area contributed by atoms with Crippen LogP contribution in [0, 0.1) is 0 Å². The molecule has 0 saturated heterocycles. The van der Waals surface area contributed by atoms with Crippen molar-refractivity contribution in [2.24, 2.45) is 9.98 Å². The summed E-state index contributed by atoms with van der Waals surface area (Å²) in [4.78, 5) is 24.4. The number of aromatic nitrogens is 2. The van der Waals surface area contributed by atoms with E-state index < -0.39 is 0 Å². The van der Waals surface area contributed by atoms with Crippen LogP contribution in [0.15, 0.2) is 101 Å². The summed E-state index contributed by atoms with van der Waals surface area (Å²) in [6.07, 6.45) is 0. The third-order valence-corrected chi connectivity index (χ3v) is 7.22. The molecule has 6 heteroatoms. The lowest BCUT2D eigenvalue weighted by atomic mass is 10.1. The van der Waals surface area contributed by atoms with E-state index in [-0.39, 0.29) is 0 Å². The molecule has 5 nitrogen and oxygen atoms in total. The first kappa shape index (κ1) is 19.3. The molecule has 0 amide bonds. The minimum atomic E-state index is 0.725. The van der Waals surface area contributed by atoms with Gasteiger partial charge in [-0.05, 0) is 0 Å². The lowest BCUT2D eigenvalue weighted by Gasteiger charge is -2.26. The third kappa shape index (κ3) is 2.99. The van der Waals surface area contributed by atoms with Crippen LogP contribution in [0.1, 0.15) is 10.4 Å². The van der Waals surface area contributed by atoms with E-state index in [2.05, 4.69) is 53.4 Å². The Kier molecular flexibility index (Phi) is 4.38. The molecule has 34 heavy (non-hydrogen) atoms. The van der Waals surface area contributed by atoms with Gasteiger partial charge < -0.3 is 4.90 Å². The van der Waals surface area contributed by atoms with E-state index in [1.165, 1.54) is 0 Å². The Hall–Kier alpha value is -4.16. The summed E-state index contributed by atoms with van der Waals surface area (Å²) in [6, 6.07) is 30.8. The number of fused-ring (bicyclic) bond motifs is 5. The van der Waals surface area contributed by atoms with Crippen LogP contribution < -0.4 is 0 Å². The van der Waals surface area contributed by atoms with Gasteiger partial charge in [-0.2, -0.15) is 0 Å². The summed E-state index contributed by atoms with van der Waals surface area (Å²) in [5, 5.41) is 0.994. The van der Waals surface area contributed by atoms with Crippen LogP contribution in [0.5, 0.6) is 0 Å². The average Bonchev–Trinajstić information content (AvgIpc) is 3.54. The molecule has 3 aromatic carbocycles. The predicted molar refractivity (Wildman–Crippen MR) is 139 cm³/mol. The van der Waals surface area contributed by atoms with Gasteiger partial charge in [0.25, 0.3) is 0 Å². The van der Waals surface area contributed by atoms with E-state index in [1.807, 2.05) is 42.5 Å². The van der Waals surface area contributed by atoms with E-state index in [0.717, 1.165) is 73.8 Å². The summed E-state index contributed by atoms with van der Waals surface area (Å²) < 4.78 is 0. The fourth-order valence-corrected chi connectivity index (χ4v) is 5.72. The molecule has 0 atom stereocenters. The summed E-state index contributed by atoms with van der Waals surface area (Å²) in [5.41, 5.74) is 4.98. The average molecular weight is 458 g/mol. The van der Waals surface area contributed by atoms with Crippen molar-refractivity contribution in [3.8, 4) is 22.6 Å². The quantitative estimate of drug-likeness (QED) is 0.325. The van der Waals surface area contributed by atoms with Crippen LogP contribution in [0.2, 0.25) is 0 Å². The number of thiophene rings is 1. The van der Waals surface area contributed by atoms with Crippen LogP contribution in [0.3, 0.4) is 0 Å². The number of amidine groups is 2. The lowest BCUT2D eigenvalue weighted by Crippen LogP contribution is -2.37. The molecule has 0 bridgehead atoms.